The molecule has 0 aromatic carbocycles. The first-order chi connectivity index (χ1) is 7.84. The zero-order chi connectivity index (χ0) is 13.4. The fourth-order valence-corrected chi connectivity index (χ4v) is 1.97. The van der Waals surface area contributed by atoms with Crippen LogP contribution >= 0.6 is 0 Å². The lowest BCUT2D eigenvalue weighted by atomic mass is 9.91. The number of aliphatic carboxylic acids is 1. The van der Waals surface area contributed by atoms with Gasteiger partial charge < -0.3 is 5.11 Å². The second-order valence-corrected chi connectivity index (χ2v) is 5.51. The van der Waals surface area contributed by atoms with Crippen molar-refractivity contribution in [3.8, 4) is 0 Å². The molecule has 0 fully saturated rings. The van der Waals surface area contributed by atoms with Crippen LogP contribution in [0.3, 0.4) is 0 Å². The molecule has 0 amide bonds. The number of carbonyl (C=O) groups excluding carboxylic acids is 1. The van der Waals surface area contributed by atoms with E-state index in [9.17, 15) is 9.59 Å². The van der Waals surface area contributed by atoms with Gasteiger partial charge in [-0.1, -0.05) is 40.0 Å². The van der Waals surface area contributed by atoms with Crippen molar-refractivity contribution in [2.75, 3.05) is 0 Å². The standard InChI is InChI=1S/C14H26O3/c1-10(2)6-5-7-11(3)8-9-13(12(4)15)14(16)17/h10-11,13H,5-9H2,1-4H3,(H,16,17). The van der Waals surface area contributed by atoms with Crippen molar-refractivity contribution in [3.63, 3.8) is 0 Å². The van der Waals surface area contributed by atoms with Crippen LogP contribution in [0.2, 0.25) is 0 Å². The summed E-state index contributed by atoms with van der Waals surface area (Å²) in [6.45, 7) is 7.92. The van der Waals surface area contributed by atoms with Crippen LogP contribution in [-0.4, -0.2) is 16.9 Å². The van der Waals surface area contributed by atoms with E-state index in [2.05, 4.69) is 20.8 Å². The largest absolute Gasteiger partial charge is 0.481 e. The van der Waals surface area contributed by atoms with Crippen molar-refractivity contribution in [2.24, 2.45) is 17.8 Å². The smallest absolute Gasteiger partial charge is 0.314 e. The minimum absolute atomic E-state index is 0.230. The van der Waals surface area contributed by atoms with Gasteiger partial charge in [-0.25, -0.2) is 0 Å². The van der Waals surface area contributed by atoms with E-state index < -0.39 is 11.9 Å². The molecule has 0 saturated carbocycles. The molecule has 1 N–H and O–H groups in total. The van der Waals surface area contributed by atoms with Gasteiger partial charge in [0.25, 0.3) is 0 Å². The van der Waals surface area contributed by atoms with Crippen LogP contribution in [0.15, 0.2) is 0 Å². The number of carbonyl (C=O) groups is 2. The van der Waals surface area contributed by atoms with Crippen molar-refractivity contribution in [2.45, 2.75) is 59.8 Å². The summed E-state index contributed by atoms with van der Waals surface area (Å²) in [4.78, 5) is 22.0. The molecule has 17 heavy (non-hydrogen) atoms. The molecule has 0 aromatic rings. The maximum atomic E-state index is 11.1. The molecular weight excluding hydrogens is 216 g/mol. The molecule has 0 saturated heterocycles. The Labute approximate surface area is 105 Å². The molecule has 0 aromatic heterocycles. The molecule has 0 aliphatic carbocycles. The normalized spacial score (nSPS) is 14.6. The Bertz CT molecular complexity index is 232. The number of Topliss-reactive ketones (excluding diaryl/α,β-unsaturated/α-hetero) is 1. The summed E-state index contributed by atoms with van der Waals surface area (Å²) < 4.78 is 0. The predicted octanol–water partition coefficient (Wildman–Crippen LogP) is 3.52. The fourth-order valence-electron chi connectivity index (χ4n) is 1.97. The molecule has 2 atom stereocenters. The maximum absolute atomic E-state index is 11.1. The summed E-state index contributed by atoms with van der Waals surface area (Å²) in [7, 11) is 0. The molecular formula is C14H26O3. The molecule has 0 rings (SSSR count). The van der Waals surface area contributed by atoms with Crippen LogP contribution in [0.4, 0.5) is 0 Å². The highest BCUT2D eigenvalue weighted by Gasteiger charge is 2.22. The van der Waals surface area contributed by atoms with E-state index in [1.165, 1.54) is 19.8 Å². The van der Waals surface area contributed by atoms with Gasteiger partial charge in [0.05, 0.1) is 0 Å². The average Bonchev–Trinajstić information content (AvgIpc) is 2.15. The molecule has 0 spiro atoms. The first-order valence-corrected chi connectivity index (χ1v) is 6.57. The summed E-state index contributed by atoms with van der Waals surface area (Å²) in [5.74, 6) is -0.776. The molecule has 0 heterocycles. The Morgan fingerprint density at radius 3 is 2.00 bits per heavy atom. The molecule has 0 aliphatic rings. The quantitative estimate of drug-likeness (QED) is 0.629. The number of hydrogen-bond acceptors (Lipinski definition) is 2. The second kappa shape index (κ2) is 8.26. The van der Waals surface area contributed by atoms with Gasteiger partial charge in [-0.15, -0.1) is 0 Å². The van der Waals surface area contributed by atoms with Gasteiger partial charge >= 0.3 is 5.97 Å². The van der Waals surface area contributed by atoms with Crippen molar-refractivity contribution in [3.05, 3.63) is 0 Å². The van der Waals surface area contributed by atoms with E-state index in [1.54, 1.807) is 0 Å². The molecule has 100 valence electrons. The second-order valence-electron chi connectivity index (χ2n) is 5.51. The lowest BCUT2D eigenvalue weighted by Gasteiger charge is -2.14. The van der Waals surface area contributed by atoms with Gasteiger partial charge in [0, 0.05) is 0 Å². The summed E-state index contributed by atoms with van der Waals surface area (Å²) in [5, 5.41) is 8.88. The van der Waals surface area contributed by atoms with E-state index in [4.69, 9.17) is 5.11 Å². The number of carboxylic acid groups (broad SMARTS) is 1. The first-order valence-electron chi connectivity index (χ1n) is 6.57. The van der Waals surface area contributed by atoms with Crippen LogP contribution in [-0.2, 0) is 9.59 Å². The summed E-state index contributed by atoms with van der Waals surface area (Å²) in [6.07, 6.45) is 4.85. The third-order valence-electron chi connectivity index (χ3n) is 3.22. The topological polar surface area (TPSA) is 54.4 Å². The van der Waals surface area contributed by atoms with Gasteiger partial charge in [0.15, 0.2) is 0 Å². The Morgan fingerprint density at radius 2 is 1.59 bits per heavy atom. The number of hydrogen-bond donors (Lipinski definition) is 1. The Morgan fingerprint density at radius 1 is 1.00 bits per heavy atom. The monoisotopic (exact) mass is 242 g/mol. The van der Waals surface area contributed by atoms with Crippen LogP contribution < -0.4 is 0 Å². The van der Waals surface area contributed by atoms with Gasteiger partial charge in [-0.05, 0) is 31.6 Å². The highest BCUT2D eigenvalue weighted by Crippen LogP contribution is 2.20. The van der Waals surface area contributed by atoms with Gasteiger partial charge in [0.2, 0.25) is 0 Å². The predicted molar refractivity (Wildman–Crippen MR) is 68.9 cm³/mol. The summed E-state index contributed by atoms with van der Waals surface area (Å²) in [5.41, 5.74) is 0. The van der Waals surface area contributed by atoms with E-state index in [1.807, 2.05) is 0 Å². The molecule has 0 radical (unpaired) electrons. The summed E-state index contributed by atoms with van der Waals surface area (Å²) >= 11 is 0. The average molecular weight is 242 g/mol. The van der Waals surface area contributed by atoms with E-state index in [0.717, 1.165) is 18.8 Å². The zero-order valence-corrected chi connectivity index (χ0v) is 11.5. The molecule has 3 nitrogen and oxygen atoms in total. The van der Waals surface area contributed by atoms with Crippen molar-refractivity contribution >= 4 is 11.8 Å². The van der Waals surface area contributed by atoms with E-state index in [-0.39, 0.29) is 5.78 Å². The third kappa shape index (κ3) is 7.94. The fraction of sp³-hybridized carbons (Fsp3) is 0.857. The number of carboxylic acids is 1. The van der Waals surface area contributed by atoms with Gasteiger partial charge in [-0.2, -0.15) is 0 Å². The minimum atomic E-state index is -0.980. The van der Waals surface area contributed by atoms with Gasteiger partial charge in [-0.3, -0.25) is 9.59 Å². The maximum Gasteiger partial charge on any atom is 0.314 e. The van der Waals surface area contributed by atoms with Crippen LogP contribution in [0.5, 0.6) is 0 Å². The number of rotatable bonds is 9. The first kappa shape index (κ1) is 16.1. The summed E-state index contributed by atoms with van der Waals surface area (Å²) in [6, 6.07) is 0. The SMILES string of the molecule is CC(=O)C(CCC(C)CCCC(C)C)C(=O)O. The lowest BCUT2D eigenvalue weighted by Crippen LogP contribution is -2.22. The van der Waals surface area contributed by atoms with Crippen LogP contribution in [0, 0.1) is 17.8 Å². The van der Waals surface area contributed by atoms with Crippen LogP contribution in [0.1, 0.15) is 59.8 Å². The van der Waals surface area contributed by atoms with Crippen LogP contribution in [0.25, 0.3) is 0 Å². The lowest BCUT2D eigenvalue weighted by molar-refractivity contribution is -0.146. The third-order valence-corrected chi connectivity index (χ3v) is 3.22. The zero-order valence-electron chi connectivity index (χ0n) is 11.5. The highest BCUT2D eigenvalue weighted by molar-refractivity contribution is 5.96. The van der Waals surface area contributed by atoms with Crippen molar-refractivity contribution in [1.29, 1.82) is 0 Å². The molecule has 3 heteroatoms. The Kier molecular flexibility index (Phi) is 7.85. The van der Waals surface area contributed by atoms with Gasteiger partial charge in [0.1, 0.15) is 11.7 Å². The minimum Gasteiger partial charge on any atom is -0.481 e. The van der Waals surface area contributed by atoms with Crippen molar-refractivity contribution < 1.29 is 14.7 Å². The molecule has 0 aliphatic heterocycles. The molecule has 2 unspecified atom stereocenters. The highest BCUT2D eigenvalue weighted by atomic mass is 16.4. The Hall–Kier alpha value is -0.860. The molecule has 0 bridgehead atoms. The Balaban J connectivity index is 3.85. The van der Waals surface area contributed by atoms with E-state index in [0.29, 0.717) is 12.3 Å². The van der Waals surface area contributed by atoms with E-state index >= 15 is 0 Å². The number of ketones is 1. The van der Waals surface area contributed by atoms with Crippen molar-refractivity contribution in [1.82, 2.24) is 0 Å².